The third-order valence-electron chi connectivity index (χ3n) is 3.30. The van der Waals surface area contributed by atoms with Crippen LogP contribution in [0, 0.1) is 0 Å². The smallest absolute Gasteiger partial charge is 0.316 e. The maximum Gasteiger partial charge on any atom is 0.316 e. The molecule has 0 aromatic heterocycles. The van der Waals surface area contributed by atoms with Crippen molar-refractivity contribution in [3.8, 4) is 0 Å². The summed E-state index contributed by atoms with van der Waals surface area (Å²) in [5.74, 6) is 0.0846. The molecule has 1 amide bonds. The van der Waals surface area contributed by atoms with Gasteiger partial charge in [0.15, 0.2) is 0 Å². The average Bonchev–Trinajstić information content (AvgIpc) is 2.47. The van der Waals surface area contributed by atoms with E-state index in [1.807, 2.05) is 34.9 Å². The summed E-state index contributed by atoms with van der Waals surface area (Å²) < 4.78 is 0. The zero-order valence-electron chi connectivity index (χ0n) is 12.1. The summed E-state index contributed by atoms with van der Waals surface area (Å²) in [4.78, 5) is 26.3. The lowest BCUT2D eigenvalue weighted by Crippen LogP contribution is -2.41. The van der Waals surface area contributed by atoms with Crippen molar-refractivity contribution in [3.05, 3.63) is 29.8 Å². The lowest BCUT2D eigenvalue weighted by Gasteiger charge is -2.31. The molecule has 2 unspecified atom stereocenters. The fourth-order valence-electron chi connectivity index (χ4n) is 2.16. The third kappa shape index (κ3) is 4.17. The van der Waals surface area contributed by atoms with Crippen LogP contribution in [0.15, 0.2) is 29.2 Å². The first kappa shape index (κ1) is 16.2. The summed E-state index contributed by atoms with van der Waals surface area (Å²) >= 11 is 3.10. The van der Waals surface area contributed by atoms with Gasteiger partial charge in [0.05, 0.1) is 5.56 Å². The largest absolute Gasteiger partial charge is 0.480 e. The number of aliphatic carboxylic acids is 1. The first-order valence-electron chi connectivity index (χ1n) is 6.88. The molecule has 0 radical (unpaired) electrons. The Labute approximate surface area is 133 Å². The van der Waals surface area contributed by atoms with Gasteiger partial charge in [0, 0.05) is 29.0 Å². The summed E-state index contributed by atoms with van der Waals surface area (Å²) in [6.45, 7) is 5.25. The molecule has 4 nitrogen and oxygen atoms in total. The van der Waals surface area contributed by atoms with Gasteiger partial charge in [-0.1, -0.05) is 19.1 Å². The van der Waals surface area contributed by atoms with E-state index in [9.17, 15) is 9.59 Å². The number of hydrogen-bond acceptors (Lipinski definition) is 4. The van der Waals surface area contributed by atoms with E-state index in [1.165, 1.54) is 11.8 Å². The molecule has 1 aliphatic heterocycles. The lowest BCUT2D eigenvalue weighted by molar-refractivity contribution is -0.136. The number of carboxylic acid groups (broad SMARTS) is 1. The topological polar surface area (TPSA) is 57.6 Å². The molecular formula is C15H19NO3S2. The van der Waals surface area contributed by atoms with Gasteiger partial charge >= 0.3 is 5.97 Å². The van der Waals surface area contributed by atoms with Crippen LogP contribution in [0.1, 0.15) is 24.2 Å². The maximum absolute atomic E-state index is 12.7. The number of hydrogen-bond donors (Lipinski definition) is 1. The minimum Gasteiger partial charge on any atom is -0.480 e. The van der Waals surface area contributed by atoms with Crippen molar-refractivity contribution >= 4 is 35.4 Å². The van der Waals surface area contributed by atoms with Crippen LogP contribution in [0.3, 0.4) is 0 Å². The monoisotopic (exact) mass is 325 g/mol. The van der Waals surface area contributed by atoms with Gasteiger partial charge in [-0.3, -0.25) is 9.59 Å². The Hall–Kier alpha value is -1.14. The molecule has 1 aliphatic rings. The first-order chi connectivity index (χ1) is 9.99. The first-order valence-corrected chi connectivity index (χ1v) is 8.81. The molecule has 1 saturated heterocycles. The fourth-order valence-corrected chi connectivity index (χ4v) is 4.09. The Kier molecular flexibility index (Phi) is 5.58. The number of amides is 1. The van der Waals surface area contributed by atoms with Crippen LogP contribution in [0.25, 0.3) is 0 Å². The van der Waals surface area contributed by atoms with Gasteiger partial charge in [0.25, 0.3) is 5.91 Å². The molecule has 1 aromatic carbocycles. The van der Waals surface area contributed by atoms with E-state index in [1.54, 1.807) is 13.0 Å². The van der Waals surface area contributed by atoms with E-state index in [2.05, 4.69) is 6.92 Å². The predicted molar refractivity (Wildman–Crippen MR) is 87.2 cm³/mol. The lowest BCUT2D eigenvalue weighted by atomic mass is 10.2. The van der Waals surface area contributed by atoms with Crippen molar-refractivity contribution in [3.63, 3.8) is 0 Å². The van der Waals surface area contributed by atoms with E-state index < -0.39 is 11.2 Å². The van der Waals surface area contributed by atoms with Crippen LogP contribution < -0.4 is 0 Å². The van der Waals surface area contributed by atoms with Crippen molar-refractivity contribution in [2.75, 3.05) is 18.8 Å². The van der Waals surface area contributed by atoms with Gasteiger partial charge in [-0.05, 0) is 19.1 Å². The molecule has 1 aromatic rings. The van der Waals surface area contributed by atoms with Gasteiger partial charge in [-0.2, -0.15) is 11.8 Å². The van der Waals surface area contributed by atoms with Crippen molar-refractivity contribution in [1.29, 1.82) is 0 Å². The fraction of sp³-hybridized carbons (Fsp3) is 0.467. The third-order valence-corrected chi connectivity index (χ3v) is 5.60. The van der Waals surface area contributed by atoms with Gasteiger partial charge in [-0.25, -0.2) is 0 Å². The normalized spacial score (nSPS) is 20.1. The van der Waals surface area contributed by atoms with E-state index in [0.29, 0.717) is 10.8 Å². The molecule has 2 atom stereocenters. The second kappa shape index (κ2) is 7.22. The molecule has 21 heavy (non-hydrogen) atoms. The molecular weight excluding hydrogens is 306 g/mol. The summed E-state index contributed by atoms with van der Waals surface area (Å²) in [5, 5.41) is 8.91. The molecule has 0 aliphatic carbocycles. The maximum atomic E-state index is 12.7. The van der Waals surface area contributed by atoms with E-state index in [0.717, 1.165) is 23.7 Å². The molecule has 0 saturated carbocycles. The second-order valence-corrected chi connectivity index (χ2v) is 7.96. The van der Waals surface area contributed by atoms with Crippen LogP contribution in [0.2, 0.25) is 0 Å². The second-order valence-electron chi connectivity index (χ2n) is 5.03. The Bertz CT molecular complexity index is 535. The van der Waals surface area contributed by atoms with Crippen LogP contribution in [-0.2, 0) is 4.79 Å². The van der Waals surface area contributed by atoms with E-state index >= 15 is 0 Å². The minimum atomic E-state index is -0.870. The highest BCUT2D eigenvalue weighted by atomic mass is 32.2. The summed E-state index contributed by atoms with van der Waals surface area (Å²) in [6, 6.07) is 7.26. The molecule has 0 bridgehead atoms. The Morgan fingerprint density at radius 1 is 1.43 bits per heavy atom. The number of nitrogens with zero attached hydrogens (tertiary/aromatic N) is 1. The Balaban J connectivity index is 2.18. The molecule has 6 heteroatoms. The Morgan fingerprint density at radius 3 is 2.81 bits per heavy atom. The summed E-state index contributed by atoms with van der Waals surface area (Å²) in [7, 11) is 0. The SMILES string of the molecule is CC1CN(C(=O)c2ccccc2SC(C)C(=O)O)CCS1. The van der Waals surface area contributed by atoms with Gasteiger partial charge in [0.1, 0.15) is 5.25 Å². The zero-order chi connectivity index (χ0) is 15.4. The van der Waals surface area contributed by atoms with Crippen LogP contribution in [-0.4, -0.2) is 51.2 Å². The molecule has 2 rings (SSSR count). The molecule has 1 N–H and O–H groups in total. The summed E-state index contributed by atoms with van der Waals surface area (Å²) in [5.41, 5.74) is 0.606. The van der Waals surface area contributed by atoms with Crippen molar-refractivity contribution < 1.29 is 14.7 Å². The number of benzene rings is 1. The molecule has 1 heterocycles. The van der Waals surface area contributed by atoms with E-state index in [-0.39, 0.29) is 5.91 Å². The number of carbonyl (C=O) groups excluding carboxylic acids is 1. The van der Waals surface area contributed by atoms with Gasteiger partial charge in [0.2, 0.25) is 0 Å². The number of rotatable bonds is 4. The van der Waals surface area contributed by atoms with E-state index in [4.69, 9.17) is 5.11 Å². The number of thioether (sulfide) groups is 2. The molecule has 1 fully saturated rings. The van der Waals surface area contributed by atoms with Crippen LogP contribution in [0.4, 0.5) is 0 Å². The standard InChI is InChI=1S/C15H19NO3S2/c1-10-9-16(7-8-20-10)14(17)12-5-3-4-6-13(12)21-11(2)15(18)19/h3-6,10-11H,7-9H2,1-2H3,(H,18,19). The Morgan fingerprint density at radius 2 is 2.14 bits per heavy atom. The van der Waals surface area contributed by atoms with Crippen molar-refractivity contribution in [2.24, 2.45) is 0 Å². The highest BCUT2D eigenvalue weighted by molar-refractivity contribution is 8.00. The minimum absolute atomic E-state index is 0.00263. The zero-order valence-corrected chi connectivity index (χ0v) is 13.7. The highest BCUT2D eigenvalue weighted by Crippen LogP contribution is 2.29. The van der Waals surface area contributed by atoms with Gasteiger partial charge in [-0.15, -0.1) is 11.8 Å². The summed E-state index contributed by atoms with van der Waals surface area (Å²) in [6.07, 6.45) is 0. The van der Waals surface area contributed by atoms with Gasteiger partial charge < -0.3 is 10.0 Å². The molecule has 114 valence electrons. The highest BCUT2D eigenvalue weighted by Gasteiger charge is 2.25. The van der Waals surface area contributed by atoms with Crippen molar-refractivity contribution in [1.82, 2.24) is 4.90 Å². The van der Waals surface area contributed by atoms with Crippen LogP contribution in [0.5, 0.6) is 0 Å². The van der Waals surface area contributed by atoms with Crippen molar-refractivity contribution in [2.45, 2.75) is 29.2 Å². The number of carbonyl (C=O) groups is 2. The quantitative estimate of drug-likeness (QED) is 0.863. The molecule has 0 spiro atoms. The van der Waals surface area contributed by atoms with Crippen LogP contribution >= 0.6 is 23.5 Å². The average molecular weight is 325 g/mol. The number of carboxylic acids is 1. The predicted octanol–water partition coefficient (Wildman–Crippen LogP) is 2.83.